The maximum absolute atomic E-state index is 5.67. The predicted molar refractivity (Wildman–Crippen MR) is 71.7 cm³/mol. The third-order valence-corrected chi connectivity index (χ3v) is 3.31. The minimum Gasteiger partial charge on any atom is -0.375 e. The van der Waals surface area contributed by atoms with Crippen LogP contribution in [0.4, 0.5) is 11.1 Å². The Morgan fingerprint density at radius 3 is 2.83 bits per heavy atom. The molecule has 0 saturated carbocycles. The molecule has 0 spiro atoms. The van der Waals surface area contributed by atoms with Gasteiger partial charge in [0.1, 0.15) is 0 Å². The van der Waals surface area contributed by atoms with E-state index in [0.29, 0.717) is 17.0 Å². The monoisotopic (exact) mass is 261 g/mol. The summed E-state index contributed by atoms with van der Waals surface area (Å²) >= 11 is 1.44. The molecule has 2 N–H and O–H groups in total. The molecule has 0 fully saturated rings. The number of fused-ring (bicyclic) bond motifs is 1. The van der Waals surface area contributed by atoms with E-state index in [-0.39, 0.29) is 0 Å². The first-order chi connectivity index (χ1) is 8.63. The third-order valence-electron chi connectivity index (χ3n) is 2.47. The number of hydrogen-bond donors (Lipinski definition) is 1. The third kappa shape index (κ3) is 1.78. The number of nitrogen functional groups attached to an aromatic ring is 1. The number of rotatable bonds is 2. The number of benzene rings is 1. The second-order valence-electron chi connectivity index (χ2n) is 4.03. The molecular formula is C11H11N5OS. The fraction of sp³-hybridized carbons (Fsp3) is 0.182. The summed E-state index contributed by atoms with van der Waals surface area (Å²) in [5.74, 6) is 1.04. The van der Waals surface area contributed by atoms with E-state index in [1.54, 1.807) is 4.90 Å². The highest BCUT2D eigenvalue weighted by Gasteiger charge is 2.11. The van der Waals surface area contributed by atoms with Gasteiger partial charge in [0, 0.05) is 19.7 Å². The smallest absolute Gasteiger partial charge is 0.265 e. The Hall–Kier alpha value is -2.15. The normalized spacial score (nSPS) is 11.0. The van der Waals surface area contributed by atoms with Gasteiger partial charge in [-0.25, -0.2) is 4.98 Å². The van der Waals surface area contributed by atoms with Crippen LogP contribution in [0.2, 0.25) is 0 Å². The van der Waals surface area contributed by atoms with Gasteiger partial charge in [-0.05, 0) is 23.4 Å². The van der Waals surface area contributed by atoms with Crippen molar-refractivity contribution >= 4 is 32.6 Å². The maximum atomic E-state index is 5.67. The lowest BCUT2D eigenvalue weighted by atomic mass is 10.2. The number of hydrogen-bond acceptors (Lipinski definition) is 7. The molecule has 3 aromatic rings. The summed E-state index contributed by atoms with van der Waals surface area (Å²) in [7, 11) is 3.73. The molecule has 6 nitrogen and oxygen atoms in total. The van der Waals surface area contributed by atoms with E-state index in [1.807, 2.05) is 32.3 Å². The highest BCUT2D eigenvalue weighted by molar-refractivity contribution is 7.22. The molecule has 0 amide bonds. The first-order valence-corrected chi connectivity index (χ1v) is 6.12. The number of aromatic nitrogens is 3. The molecule has 2 heterocycles. The van der Waals surface area contributed by atoms with E-state index in [0.717, 1.165) is 15.8 Å². The summed E-state index contributed by atoms with van der Waals surface area (Å²) in [5.41, 5.74) is 7.42. The highest BCUT2D eigenvalue weighted by atomic mass is 32.1. The summed E-state index contributed by atoms with van der Waals surface area (Å²) < 4.78 is 6.23. The first kappa shape index (κ1) is 11.0. The zero-order valence-electron chi connectivity index (χ0n) is 9.91. The number of thiazole rings is 1. The van der Waals surface area contributed by atoms with Crippen molar-refractivity contribution < 1.29 is 4.52 Å². The standard InChI is InChI=1S/C11H11N5OS/c1-16(2)11-14-9(17-15-11)6-3-4-7-8(5-6)18-10(12)13-7/h3-5H,1-2H3,(H2,12,13). The van der Waals surface area contributed by atoms with E-state index in [1.165, 1.54) is 11.3 Å². The zero-order valence-corrected chi connectivity index (χ0v) is 10.7. The topological polar surface area (TPSA) is 81.1 Å². The second-order valence-corrected chi connectivity index (χ2v) is 5.09. The summed E-state index contributed by atoms with van der Waals surface area (Å²) in [6.45, 7) is 0. The molecule has 1 aromatic carbocycles. The largest absolute Gasteiger partial charge is 0.375 e. The molecule has 18 heavy (non-hydrogen) atoms. The van der Waals surface area contributed by atoms with Crippen LogP contribution in [-0.4, -0.2) is 29.2 Å². The van der Waals surface area contributed by atoms with E-state index >= 15 is 0 Å². The molecule has 7 heteroatoms. The second kappa shape index (κ2) is 3.95. The molecular weight excluding hydrogens is 250 g/mol. The van der Waals surface area contributed by atoms with Gasteiger partial charge >= 0.3 is 0 Å². The average molecular weight is 261 g/mol. The fourth-order valence-electron chi connectivity index (χ4n) is 1.59. The van der Waals surface area contributed by atoms with Gasteiger partial charge in [-0.3, -0.25) is 0 Å². The molecule has 0 radical (unpaired) electrons. The van der Waals surface area contributed by atoms with Crippen LogP contribution in [0.1, 0.15) is 0 Å². The predicted octanol–water partition coefficient (Wildman–Crippen LogP) is 1.99. The zero-order chi connectivity index (χ0) is 12.7. The van der Waals surface area contributed by atoms with Crippen LogP contribution in [-0.2, 0) is 0 Å². The minimum atomic E-state index is 0.493. The quantitative estimate of drug-likeness (QED) is 0.759. The van der Waals surface area contributed by atoms with Gasteiger partial charge in [-0.1, -0.05) is 11.3 Å². The van der Waals surface area contributed by atoms with Crippen molar-refractivity contribution in [1.82, 2.24) is 15.1 Å². The van der Waals surface area contributed by atoms with Crippen LogP contribution in [0.5, 0.6) is 0 Å². The molecule has 92 valence electrons. The van der Waals surface area contributed by atoms with E-state index in [9.17, 15) is 0 Å². The lowest BCUT2D eigenvalue weighted by molar-refractivity contribution is 0.431. The Morgan fingerprint density at radius 1 is 1.28 bits per heavy atom. The molecule has 0 aliphatic rings. The lowest BCUT2D eigenvalue weighted by Crippen LogP contribution is -2.09. The van der Waals surface area contributed by atoms with E-state index < -0.39 is 0 Å². The maximum Gasteiger partial charge on any atom is 0.265 e. The SMILES string of the molecule is CN(C)c1noc(-c2ccc3nc(N)sc3c2)n1. The lowest BCUT2D eigenvalue weighted by Gasteiger charge is -2.02. The van der Waals surface area contributed by atoms with Gasteiger partial charge in [-0.15, -0.1) is 0 Å². The van der Waals surface area contributed by atoms with Crippen LogP contribution in [0.15, 0.2) is 22.7 Å². The van der Waals surface area contributed by atoms with Gasteiger partial charge < -0.3 is 15.2 Å². The molecule has 0 unspecified atom stereocenters. The molecule has 0 aliphatic carbocycles. The van der Waals surface area contributed by atoms with Crippen molar-refractivity contribution in [2.75, 3.05) is 24.7 Å². The van der Waals surface area contributed by atoms with Crippen LogP contribution >= 0.6 is 11.3 Å². The number of nitrogens with zero attached hydrogens (tertiary/aromatic N) is 4. The molecule has 2 aromatic heterocycles. The average Bonchev–Trinajstić information content (AvgIpc) is 2.91. The number of nitrogens with two attached hydrogens (primary N) is 1. The summed E-state index contributed by atoms with van der Waals surface area (Å²) in [5, 5.41) is 4.44. The Labute approximate surface area is 107 Å². The molecule has 0 bridgehead atoms. The Bertz CT molecular complexity index is 702. The highest BCUT2D eigenvalue weighted by Crippen LogP contribution is 2.28. The van der Waals surface area contributed by atoms with Crippen LogP contribution in [0, 0.1) is 0 Å². The van der Waals surface area contributed by atoms with E-state index in [2.05, 4.69) is 15.1 Å². The molecule has 0 atom stereocenters. The Morgan fingerprint density at radius 2 is 2.11 bits per heavy atom. The van der Waals surface area contributed by atoms with E-state index in [4.69, 9.17) is 10.3 Å². The van der Waals surface area contributed by atoms with Crippen LogP contribution in [0.25, 0.3) is 21.7 Å². The van der Waals surface area contributed by atoms with Crippen molar-refractivity contribution in [3.05, 3.63) is 18.2 Å². The van der Waals surface area contributed by atoms with Crippen molar-refractivity contribution in [2.24, 2.45) is 0 Å². The fourth-order valence-corrected chi connectivity index (χ4v) is 2.36. The van der Waals surface area contributed by atoms with Crippen molar-refractivity contribution in [3.63, 3.8) is 0 Å². The van der Waals surface area contributed by atoms with Gasteiger partial charge in [-0.2, -0.15) is 4.98 Å². The van der Waals surface area contributed by atoms with Crippen molar-refractivity contribution in [3.8, 4) is 11.5 Å². The summed E-state index contributed by atoms with van der Waals surface area (Å²) in [6.07, 6.45) is 0. The van der Waals surface area contributed by atoms with Gasteiger partial charge in [0.15, 0.2) is 5.13 Å². The first-order valence-electron chi connectivity index (χ1n) is 5.31. The van der Waals surface area contributed by atoms with Crippen molar-refractivity contribution in [2.45, 2.75) is 0 Å². The Kier molecular flexibility index (Phi) is 2.41. The minimum absolute atomic E-state index is 0.493. The van der Waals surface area contributed by atoms with Crippen LogP contribution < -0.4 is 10.6 Å². The molecule has 0 aliphatic heterocycles. The molecule has 0 saturated heterocycles. The van der Waals surface area contributed by atoms with Crippen molar-refractivity contribution in [1.29, 1.82) is 0 Å². The summed E-state index contributed by atoms with van der Waals surface area (Å²) in [4.78, 5) is 10.3. The number of anilines is 2. The van der Waals surface area contributed by atoms with Gasteiger partial charge in [0.2, 0.25) is 0 Å². The van der Waals surface area contributed by atoms with Gasteiger partial charge in [0.05, 0.1) is 10.2 Å². The summed E-state index contributed by atoms with van der Waals surface area (Å²) in [6, 6.07) is 5.75. The molecule has 3 rings (SSSR count). The van der Waals surface area contributed by atoms with Crippen LogP contribution in [0.3, 0.4) is 0 Å². The Balaban J connectivity index is 2.06. The van der Waals surface area contributed by atoms with Gasteiger partial charge in [0.25, 0.3) is 11.8 Å².